The molecule has 7 heteroatoms. The largest absolute Gasteiger partial charge is 1.00 e. The van der Waals surface area contributed by atoms with Gasteiger partial charge in [0.05, 0.1) is 0 Å². The van der Waals surface area contributed by atoms with Gasteiger partial charge in [0.15, 0.2) is 5.52 Å². The summed E-state index contributed by atoms with van der Waals surface area (Å²) in [6.45, 7) is 0. The number of para-hydroxylation sites is 2. The molecule has 0 aliphatic carbocycles. The summed E-state index contributed by atoms with van der Waals surface area (Å²) in [7, 11) is 0. The van der Waals surface area contributed by atoms with Crippen LogP contribution in [-0.2, 0) is 0 Å². The minimum Gasteiger partial charge on any atom is -1.00 e. The maximum atomic E-state index is 5.73. The van der Waals surface area contributed by atoms with Crippen molar-refractivity contribution in [1.82, 2.24) is 9.97 Å². The van der Waals surface area contributed by atoms with Crippen LogP contribution in [0.4, 0.5) is 5.13 Å². The molecule has 82 valence electrons. The van der Waals surface area contributed by atoms with Gasteiger partial charge in [-0.3, -0.25) is 5.84 Å². The number of rotatable bonds is 0. The summed E-state index contributed by atoms with van der Waals surface area (Å²) in [4.78, 5) is 9.60. The van der Waals surface area contributed by atoms with Crippen LogP contribution < -0.4 is 28.7 Å². The van der Waals surface area contributed by atoms with Gasteiger partial charge in [0, 0.05) is 0 Å². The molecule has 0 radical (unpaired) electrons. The highest BCUT2D eigenvalue weighted by Gasteiger charge is 2.16. The number of nitrogens with zero attached hydrogens (tertiary/aromatic N) is 3. The normalized spacial score (nSPS) is 10.5. The fourth-order valence-electron chi connectivity index (χ4n) is 1.45. The lowest BCUT2D eigenvalue weighted by Gasteiger charge is -1.91. The number of hydrogen-bond donors (Lipinski definition) is 2. The molecule has 0 bridgehead atoms. The maximum absolute atomic E-state index is 5.73. The van der Waals surface area contributed by atoms with E-state index in [9.17, 15) is 0 Å². The van der Waals surface area contributed by atoms with E-state index in [4.69, 9.17) is 11.6 Å². The molecule has 16 heavy (non-hydrogen) atoms. The fraction of sp³-hybridized carbons (Fsp3) is 0. The molecule has 0 atom stereocenters. The van der Waals surface area contributed by atoms with Crippen LogP contribution in [0, 0.1) is 0 Å². The minimum atomic E-state index is 0. The molecule has 0 unspecified atom stereocenters. The first-order chi connectivity index (χ1) is 7.25. The average molecular weight is 254 g/mol. The van der Waals surface area contributed by atoms with E-state index in [1.54, 1.807) is 0 Å². The third kappa shape index (κ3) is 1.43. The number of thiazole rings is 1. The Morgan fingerprint density at radius 3 is 2.44 bits per heavy atom. The van der Waals surface area contributed by atoms with Crippen LogP contribution in [0.2, 0.25) is 0 Å². The highest BCUT2D eigenvalue weighted by atomic mass is 35.5. The number of fused-ring (bicyclic) bond motifs is 2. The molecule has 3 rings (SSSR count). The third-order valence-corrected chi connectivity index (χ3v) is 3.06. The second kappa shape index (κ2) is 3.73. The van der Waals surface area contributed by atoms with Gasteiger partial charge in [-0.25, -0.2) is 4.98 Å². The van der Waals surface area contributed by atoms with Crippen LogP contribution in [0.25, 0.3) is 21.5 Å². The molecule has 3 aromatic rings. The van der Waals surface area contributed by atoms with E-state index in [-0.39, 0.29) is 12.4 Å². The summed E-state index contributed by atoms with van der Waals surface area (Å²) in [5, 5.41) is 0.500. The predicted octanol–water partition coefficient (Wildman–Crippen LogP) is -2.57. The first kappa shape index (κ1) is 10.8. The monoisotopic (exact) mass is 253 g/mol. The molecule has 0 aliphatic rings. The lowest BCUT2D eigenvalue weighted by molar-refractivity contribution is -0.594. The first-order valence-electron chi connectivity index (χ1n) is 4.37. The van der Waals surface area contributed by atoms with Crippen LogP contribution in [0.5, 0.6) is 0 Å². The van der Waals surface area contributed by atoms with Crippen LogP contribution in [0.15, 0.2) is 24.3 Å². The fourth-order valence-corrected chi connectivity index (χ4v) is 2.21. The van der Waals surface area contributed by atoms with Crippen LogP contribution >= 0.6 is 11.3 Å². The van der Waals surface area contributed by atoms with Gasteiger partial charge in [-0.05, 0) is 23.5 Å². The molecule has 2 aromatic heterocycles. The zero-order chi connectivity index (χ0) is 10.4. The Kier molecular flexibility index (Phi) is 2.53. The Morgan fingerprint density at radius 2 is 1.75 bits per heavy atom. The van der Waals surface area contributed by atoms with Crippen LogP contribution in [0.3, 0.4) is 0 Å². The van der Waals surface area contributed by atoms with Crippen molar-refractivity contribution >= 4 is 38.0 Å². The summed E-state index contributed by atoms with van der Waals surface area (Å²) in [6, 6.07) is 7.66. The Bertz CT molecular complexity index is 665. The zero-order valence-corrected chi connectivity index (χ0v) is 9.66. The summed E-state index contributed by atoms with van der Waals surface area (Å²) in [5.41, 5.74) is 7.99. The molecule has 1 aromatic carbocycles. The van der Waals surface area contributed by atoms with Gasteiger partial charge in [-0.1, -0.05) is 17.1 Å². The number of hydrogen-bond acceptors (Lipinski definition) is 5. The van der Waals surface area contributed by atoms with E-state index in [0.29, 0.717) is 10.8 Å². The van der Waals surface area contributed by atoms with Gasteiger partial charge in [0.2, 0.25) is 4.83 Å². The Morgan fingerprint density at radius 1 is 1.12 bits per heavy atom. The summed E-state index contributed by atoms with van der Waals surface area (Å²) in [6.07, 6.45) is 0. The van der Waals surface area contributed by atoms with Gasteiger partial charge >= 0.3 is 10.8 Å². The van der Waals surface area contributed by atoms with Crippen molar-refractivity contribution in [1.29, 1.82) is 0 Å². The van der Waals surface area contributed by atoms with Crippen molar-refractivity contribution in [2.24, 2.45) is 0 Å². The molecule has 2 heterocycles. The summed E-state index contributed by atoms with van der Waals surface area (Å²) < 4.78 is 1.36. The quantitative estimate of drug-likeness (QED) is 0.341. The number of aromatic nitrogens is 3. The van der Waals surface area contributed by atoms with Gasteiger partial charge < -0.3 is 18.1 Å². The lowest BCUT2D eigenvalue weighted by atomic mass is 10.3. The van der Waals surface area contributed by atoms with Crippen LogP contribution in [-0.4, -0.2) is 9.97 Å². The maximum Gasteiger partial charge on any atom is 0.322 e. The molecule has 5 nitrogen and oxygen atoms in total. The molecule has 0 aliphatic heterocycles. The van der Waals surface area contributed by atoms with E-state index in [1.165, 1.54) is 16.0 Å². The van der Waals surface area contributed by atoms with Gasteiger partial charge in [0.25, 0.3) is 0 Å². The third-order valence-electron chi connectivity index (χ3n) is 2.19. The van der Waals surface area contributed by atoms with Crippen molar-refractivity contribution in [2.75, 3.05) is 11.6 Å². The lowest BCUT2D eigenvalue weighted by Crippen LogP contribution is -3.00. The molecule has 0 fully saturated rings. The predicted molar refractivity (Wildman–Crippen MR) is 59.7 cm³/mol. The standard InChI is InChI=1S/C9H7N5S.ClH/c10-9-14(11)7-8(15-9)13-6-4-2-1-3-5(6)12-7;/h1-4,10H,11H2;1H. The second-order valence-corrected chi connectivity index (χ2v) is 4.16. The summed E-state index contributed by atoms with van der Waals surface area (Å²) in [5.74, 6) is 5.73. The van der Waals surface area contributed by atoms with Crippen molar-refractivity contribution in [3.05, 3.63) is 24.3 Å². The Balaban J connectivity index is 0.000000963. The molecule has 0 spiro atoms. The second-order valence-electron chi connectivity index (χ2n) is 3.15. The van der Waals surface area contributed by atoms with Crippen molar-refractivity contribution in [2.45, 2.75) is 0 Å². The zero-order valence-electron chi connectivity index (χ0n) is 8.09. The number of nitrogen functional groups attached to an aromatic ring is 2. The van der Waals surface area contributed by atoms with E-state index in [0.717, 1.165) is 15.9 Å². The van der Waals surface area contributed by atoms with E-state index < -0.39 is 0 Å². The number of anilines is 1. The molecular weight excluding hydrogens is 246 g/mol. The van der Waals surface area contributed by atoms with E-state index >= 15 is 0 Å². The molecule has 0 saturated heterocycles. The molecule has 0 saturated carbocycles. The molecule has 4 N–H and O–H groups in total. The van der Waals surface area contributed by atoms with E-state index in [2.05, 4.69) is 9.97 Å². The number of benzene rings is 1. The highest BCUT2D eigenvalue weighted by molar-refractivity contribution is 7.21. The number of nitrogens with two attached hydrogens (primary N) is 2. The average Bonchev–Trinajstić information content (AvgIpc) is 2.52. The Hall–Kier alpha value is -1.66. The smallest absolute Gasteiger partial charge is 0.322 e. The first-order valence-corrected chi connectivity index (χ1v) is 5.19. The Labute approximate surface area is 101 Å². The van der Waals surface area contributed by atoms with Crippen molar-refractivity contribution < 1.29 is 17.1 Å². The topological polar surface area (TPSA) is 81.7 Å². The molecule has 0 amide bonds. The van der Waals surface area contributed by atoms with Gasteiger partial charge in [-0.2, -0.15) is 0 Å². The minimum absolute atomic E-state index is 0. The van der Waals surface area contributed by atoms with Crippen molar-refractivity contribution in [3.63, 3.8) is 0 Å². The number of halogens is 1. The van der Waals surface area contributed by atoms with E-state index in [1.807, 2.05) is 24.3 Å². The summed E-state index contributed by atoms with van der Waals surface area (Å²) >= 11 is 1.34. The SMILES string of the molecule is Nc1sc2nc3ccccc3nc2[n+]1N.[Cl-]. The van der Waals surface area contributed by atoms with Gasteiger partial charge in [0.1, 0.15) is 5.52 Å². The highest BCUT2D eigenvalue weighted by Crippen LogP contribution is 2.20. The van der Waals surface area contributed by atoms with Gasteiger partial charge in [-0.15, -0.1) is 4.68 Å². The van der Waals surface area contributed by atoms with Crippen LogP contribution in [0.1, 0.15) is 0 Å². The molecular formula is C9H8ClN5S. The van der Waals surface area contributed by atoms with Crippen molar-refractivity contribution in [3.8, 4) is 0 Å².